The van der Waals surface area contributed by atoms with E-state index in [9.17, 15) is 5.11 Å². The van der Waals surface area contributed by atoms with Crippen molar-refractivity contribution in [3.05, 3.63) is 24.3 Å². The Hall–Kier alpha value is -0.560. The van der Waals surface area contributed by atoms with Gasteiger partial charge in [0.05, 0.1) is 6.10 Å². The Morgan fingerprint density at radius 1 is 1.73 bits per heavy atom. The lowest BCUT2D eigenvalue weighted by Gasteiger charge is -2.24. The highest BCUT2D eigenvalue weighted by molar-refractivity contribution is 5.25. The van der Waals surface area contributed by atoms with Gasteiger partial charge in [0.25, 0.3) is 0 Å². The van der Waals surface area contributed by atoms with Crippen LogP contribution in [0.4, 0.5) is 0 Å². The standard InChI is InChI=1S/C10H16O/c1-4-9(11)8-6-5-7-10(8,2)3/h4,6,9,11H,1,5,7H2,2-3H3/t9-/m0/s1. The Kier molecular flexibility index (Phi) is 2.19. The van der Waals surface area contributed by atoms with Gasteiger partial charge in [0.15, 0.2) is 0 Å². The average Bonchev–Trinajstić information content (AvgIpc) is 2.28. The highest BCUT2D eigenvalue weighted by Gasteiger charge is 2.30. The van der Waals surface area contributed by atoms with Crippen molar-refractivity contribution in [3.8, 4) is 0 Å². The number of hydrogen-bond acceptors (Lipinski definition) is 1. The minimum atomic E-state index is -0.438. The van der Waals surface area contributed by atoms with Crippen LogP contribution in [0, 0.1) is 5.41 Å². The van der Waals surface area contributed by atoms with E-state index in [2.05, 4.69) is 26.5 Å². The van der Waals surface area contributed by atoms with Crippen LogP contribution in [-0.2, 0) is 0 Å². The van der Waals surface area contributed by atoms with Gasteiger partial charge in [0.2, 0.25) is 0 Å². The maximum atomic E-state index is 9.51. The highest BCUT2D eigenvalue weighted by Crippen LogP contribution is 2.39. The molecule has 0 saturated heterocycles. The molecule has 0 amide bonds. The van der Waals surface area contributed by atoms with Crippen LogP contribution in [-0.4, -0.2) is 11.2 Å². The second-order valence-corrected chi connectivity index (χ2v) is 3.76. The third-order valence-corrected chi connectivity index (χ3v) is 2.46. The topological polar surface area (TPSA) is 20.2 Å². The fourth-order valence-corrected chi connectivity index (χ4v) is 1.66. The summed E-state index contributed by atoms with van der Waals surface area (Å²) in [7, 11) is 0. The monoisotopic (exact) mass is 152 g/mol. The second-order valence-electron chi connectivity index (χ2n) is 3.76. The van der Waals surface area contributed by atoms with Crippen LogP contribution in [0.2, 0.25) is 0 Å². The molecule has 0 spiro atoms. The molecular weight excluding hydrogens is 136 g/mol. The lowest BCUT2D eigenvalue weighted by molar-refractivity contribution is 0.227. The zero-order valence-corrected chi connectivity index (χ0v) is 7.30. The molecule has 0 heterocycles. The minimum absolute atomic E-state index is 0.174. The van der Waals surface area contributed by atoms with Gasteiger partial charge in [-0.15, -0.1) is 6.58 Å². The second kappa shape index (κ2) is 2.82. The van der Waals surface area contributed by atoms with E-state index < -0.39 is 6.10 Å². The molecule has 1 heteroatoms. The Labute approximate surface area is 68.4 Å². The summed E-state index contributed by atoms with van der Waals surface area (Å²) in [6.07, 6.45) is 5.53. The zero-order valence-electron chi connectivity index (χ0n) is 7.30. The number of rotatable bonds is 2. The summed E-state index contributed by atoms with van der Waals surface area (Å²) in [5.41, 5.74) is 1.31. The van der Waals surface area contributed by atoms with Gasteiger partial charge in [-0.05, 0) is 23.8 Å². The summed E-state index contributed by atoms with van der Waals surface area (Å²) < 4.78 is 0. The van der Waals surface area contributed by atoms with Crippen molar-refractivity contribution in [2.45, 2.75) is 32.8 Å². The molecular formula is C10H16O. The number of hydrogen-bond donors (Lipinski definition) is 1. The molecule has 0 saturated carbocycles. The largest absolute Gasteiger partial charge is 0.385 e. The summed E-state index contributed by atoms with van der Waals surface area (Å²) in [6.45, 7) is 7.91. The molecule has 1 atom stereocenters. The van der Waals surface area contributed by atoms with Crippen molar-refractivity contribution >= 4 is 0 Å². The maximum Gasteiger partial charge on any atom is 0.0934 e. The van der Waals surface area contributed by atoms with Crippen LogP contribution in [0.25, 0.3) is 0 Å². The van der Waals surface area contributed by atoms with Crippen LogP contribution in [0.3, 0.4) is 0 Å². The molecule has 1 aliphatic rings. The molecule has 1 nitrogen and oxygen atoms in total. The van der Waals surface area contributed by atoms with E-state index in [0.29, 0.717) is 0 Å². The van der Waals surface area contributed by atoms with Gasteiger partial charge < -0.3 is 5.11 Å². The first kappa shape index (κ1) is 8.54. The predicted molar refractivity (Wildman–Crippen MR) is 47.3 cm³/mol. The van der Waals surface area contributed by atoms with Crippen LogP contribution in [0.15, 0.2) is 24.3 Å². The SMILES string of the molecule is C=C[C@H](O)C1=CCCC1(C)C. The third-order valence-electron chi connectivity index (χ3n) is 2.46. The third kappa shape index (κ3) is 1.54. The molecule has 0 aliphatic heterocycles. The van der Waals surface area contributed by atoms with E-state index >= 15 is 0 Å². The van der Waals surface area contributed by atoms with Crippen molar-refractivity contribution in [3.63, 3.8) is 0 Å². The first-order valence-corrected chi connectivity index (χ1v) is 4.09. The van der Waals surface area contributed by atoms with Crippen LogP contribution in [0.1, 0.15) is 26.7 Å². The van der Waals surface area contributed by atoms with E-state index in [1.807, 2.05) is 0 Å². The van der Waals surface area contributed by atoms with Gasteiger partial charge in [-0.2, -0.15) is 0 Å². The summed E-state index contributed by atoms with van der Waals surface area (Å²) in [5, 5.41) is 9.51. The summed E-state index contributed by atoms with van der Waals surface area (Å²) in [6, 6.07) is 0. The lowest BCUT2D eigenvalue weighted by atomic mass is 9.83. The van der Waals surface area contributed by atoms with E-state index in [-0.39, 0.29) is 5.41 Å². The molecule has 0 aromatic rings. The van der Waals surface area contributed by atoms with Gasteiger partial charge in [-0.1, -0.05) is 26.0 Å². The smallest absolute Gasteiger partial charge is 0.0934 e. The Morgan fingerprint density at radius 2 is 2.36 bits per heavy atom. The maximum absolute atomic E-state index is 9.51. The van der Waals surface area contributed by atoms with Gasteiger partial charge in [0.1, 0.15) is 0 Å². The zero-order chi connectivity index (χ0) is 8.48. The lowest BCUT2D eigenvalue weighted by Crippen LogP contribution is -2.19. The van der Waals surface area contributed by atoms with Gasteiger partial charge in [-0.3, -0.25) is 0 Å². The number of aliphatic hydroxyl groups is 1. The molecule has 0 radical (unpaired) electrons. The Morgan fingerprint density at radius 3 is 2.73 bits per heavy atom. The fraction of sp³-hybridized carbons (Fsp3) is 0.600. The molecule has 0 aromatic carbocycles. The number of allylic oxidation sites excluding steroid dienone is 1. The van der Waals surface area contributed by atoms with Crippen molar-refractivity contribution in [2.75, 3.05) is 0 Å². The van der Waals surface area contributed by atoms with E-state index in [4.69, 9.17) is 0 Å². The molecule has 11 heavy (non-hydrogen) atoms. The Balaban J connectivity index is 2.78. The van der Waals surface area contributed by atoms with E-state index in [0.717, 1.165) is 18.4 Å². The predicted octanol–water partition coefficient (Wildman–Crippen LogP) is 2.28. The van der Waals surface area contributed by atoms with Gasteiger partial charge in [0, 0.05) is 0 Å². The minimum Gasteiger partial charge on any atom is -0.385 e. The molecule has 0 bridgehead atoms. The van der Waals surface area contributed by atoms with E-state index in [1.165, 1.54) is 0 Å². The first-order chi connectivity index (χ1) is 5.08. The summed E-state index contributed by atoms with van der Waals surface area (Å²) in [4.78, 5) is 0. The van der Waals surface area contributed by atoms with Crippen molar-refractivity contribution in [2.24, 2.45) is 5.41 Å². The van der Waals surface area contributed by atoms with Crippen molar-refractivity contribution < 1.29 is 5.11 Å². The molecule has 0 aromatic heterocycles. The molecule has 0 unspecified atom stereocenters. The molecule has 0 fully saturated rings. The molecule has 1 rings (SSSR count). The average molecular weight is 152 g/mol. The Bertz CT molecular complexity index is 189. The number of aliphatic hydroxyl groups excluding tert-OH is 1. The van der Waals surface area contributed by atoms with Crippen molar-refractivity contribution in [1.29, 1.82) is 0 Å². The van der Waals surface area contributed by atoms with Crippen LogP contribution < -0.4 is 0 Å². The van der Waals surface area contributed by atoms with Crippen LogP contribution >= 0.6 is 0 Å². The highest BCUT2D eigenvalue weighted by atomic mass is 16.3. The fourth-order valence-electron chi connectivity index (χ4n) is 1.66. The summed E-state index contributed by atoms with van der Waals surface area (Å²) >= 11 is 0. The normalized spacial score (nSPS) is 24.5. The van der Waals surface area contributed by atoms with Crippen molar-refractivity contribution in [1.82, 2.24) is 0 Å². The van der Waals surface area contributed by atoms with Gasteiger partial charge in [-0.25, -0.2) is 0 Å². The first-order valence-electron chi connectivity index (χ1n) is 4.09. The van der Waals surface area contributed by atoms with E-state index in [1.54, 1.807) is 6.08 Å². The van der Waals surface area contributed by atoms with Crippen LogP contribution in [0.5, 0.6) is 0 Å². The van der Waals surface area contributed by atoms with Gasteiger partial charge >= 0.3 is 0 Å². The quantitative estimate of drug-likeness (QED) is 0.602. The molecule has 62 valence electrons. The summed E-state index contributed by atoms with van der Waals surface area (Å²) in [5.74, 6) is 0. The molecule has 1 N–H and O–H groups in total. The molecule has 1 aliphatic carbocycles.